The number of morpholine rings is 1. The Bertz CT molecular complexity index is 932. The fourth-order valence-corrected chi connectivity index (χ4v) is 3.23. The van der Waals surface area contributed by atoms with Gasteiger partial charge in [0.15, 0.2) is 0 Å². The Balaban J connectivity index is 1.71. The van der Waals surface area contributed by atoms with Crippen LogP contribution in [0.5, 0.6) is 0 Å². The minimum atomic E-state index is 0.699. The van der Waals surface area contributed by atoms with Gasteiger partial charge in [0.1, 0.15) is 11.4 Å². The van der Waals surface area contributed by atoms with Crippen molar-refractivity contribution < 1.29 is 4.74 Å². The zero-order chi connectivity index (χ0) is 18.6. The fraction of sp³-hybridized carbons (Fsp3) is 0.200. The van der Waals surface area contributed by atoms with Crippen molar-refractivity contribution in [2.24, 2.45) is 0 Å². The van der Waals surface area contributed by atoms with Gasteiger partial charge in [-0.2, -0.15) is 4.80 Å². The molecule has 1 saturated heterocycles. The Labute approximate surface area is 171 Å². The van der Waals surface area contributed by atoms with E-state index in [9.17, 15) is 0 Å². The maximum Gasteiger partial charge on any atom is 0.120 e. The summed E-state index contributed by atoms with van der Waals surface area (Å²) in [6, 6.07) is 15.6. The molecule has 0 spiro atoms. The molecule has 0 aliphatic carbocycles. The molecule has 0 radical (unpaired) electrons. The van der Waals surface area contributed by atoms with Crippen molar-refractivity contribution in [2.75, 3.05) is 26.3 Å². The predicted octanol–water partition coefficient (Wildman–Crippen LogP) is 4.65. The quantitative estimate of drug-likeness (QED) is 0.586. The molecule has 138 valence electrons. The summed E-state index contributed by atoms with van der Waals surface area (Å²) in [4.78, 5) is 3.89. The summed E-state index contributed by atoms with van der Waals surface area (Å²) in [5.74, 6) is 0. The highest BCUT2D eigenvalue weighted by Gasteiger charge is 2.13. The van der Waals surface area contributed by atoms with Crippen LogP contribution in [0.1, 0.15) is 5.69 Å². The number of ether oxygens (including phenoxy) is 1. The molecule has 0 bridgehead atoms. The predicted molar refractivity (Wildman–Crippen MR) is 111 cm³/mol. The molecule has 7 heteroatoms. The van der Waals surface area contributed by atoms with Crippen molar-refractivity contribution in [1.82, 2.24) is 19.9 Å². The Morgan fingerprint density at radius 1 is 0.963 bits per heavy atom. The van der Waals surface area contributed by atoms with E-state index in [1.807, 2.05) is 54.6 Å². The lowest BCUT2D eigenvalue weighted by Crippen LogP contribution is -2.31. The van der Waals surface area contributed by atoms with Gasteiger partial charge in [0.25, 0.3) is 0 Å². The van der Waals surface area contributed by atoms with E-state index in [4.69, 9.17) is 26.5 Å². The highest BCUT2D eigenvalue weighted by molar-refractivity contribution is 9.10. The number of hydrogen-bond acceptors (Lipinski definition) is 4. The third-order valence-corrected chi connectivity index (χ3v) is 5.08. The summed E-state index contributed by atoms with van der Waals surface area (Å²) in [6.45, 7) is 3.27. The van der Waals surface area contributed by atoms with Crippen LogP contribution in [0.2, 0.25) is 5.02 Å². The van der Waals surface area contributed by atoms with E-state index in [-0.39, 0.29) is 0 Å². The third kappa shape index (κ3) is 4.40. The molecule has 0 N–H and O–H groups in total. The summed E-state index contributed by atoms with van der Waals surface area (Å²) in [7, 11) is 0. The first-order valence-electron chi connectivity index (χ1n) is 8.68. The number of halogens is 2. The molecule has 2 heterocycles. The maximum absolute atomic E-state index is 6.04. The molecule has 3 aromatic rings. The molecular formula is C20H18BrClN4O. The van der Waals surface area contributed by atoms with Crippen LogP contribution in [-0.4, -0.2) is 46.2 Å². The summed E-state index contributed by atoms with van der Waals surface area (Å²) in [5.41, 5.74) is 3.51. The van der Waals surface area contributed by atoms with E-state index in [1.165, 1.54) is 0 Å². The second-order valence-corrected chi connectivity index (χ2v) is 7.52. The molecule has 0 saturated carbocycles. The lowest BCUT2D eigenvalue weighted by Gasteiger charge is -2.24. The van der Waals surface area contributed by atoms with Crippen LogP contribution < -0.4 is 0 Å². The number of nitrogens with zero attached hydrogens (tertiary/aromatic N) is 4. The standard InChI is InChI=1S/C20H18BrClN4O/c21-16-3-7-18(8-4-16)26-23-19(9-10-25-11-13-27-14-12-25)20(24-26)15-1-5-17(22)6-2-15/h1-10H,11-14H2/b10-9+. The van der Waals surface area contributed by atoms with Gasteiger partial charge in [-0.15, -0.1) is 10.2 Å². The molecule has 1 fully saturated rings. The normalized spacial score (nSPS) is 14.8. The number of rotatable bonds is 4. The highest BCUT2D eigenvalue weighted by atomic mass is 79.9. The summed E-state index contributed by atoms with van der Waals surface area (Å²) in [6.07, 6.45) is 4.08. The molecular weight excluding hydrogens is 428 g/mol. The number of benzene rings is 2. The van der Waals surface area contributed by atoms with Crippen molar-refractivity contribution in [2.45, 2.75) is 0 Å². The smallest absolute Gasteiger partial charge is 0.120 e. The van der Waals surface area contributed by atoms with Crippen molar-refractivity contribution in [1.29, 1.82) is 0 Å². The van der Waals surface area contributed by atoms with Gasteiger partial charge in [-0.05, 0) is 42.5 Å². The van der Waals surface area contributed by atoms with Crippen LogP contribution in [0.15, 0.2) is 59.2 Å². The fourth-order valence-electron chi connectivity index (χ4n) is 2.84. The lowest BCUT2D eigenvalue weighted by molar-refractivity contribution is 0.0597. The topological polar surface area (TPSA) is 43.2 Å². The van der Waals surface area contributed by atoms with Gasteiger partial charge >= 0.3 is 0 Å². The number of aromatic nitrogens is 3. The van der Waals surface area contributed by atoms with Crippen molar-refractivity contribution in [3.05, 3.63) is 69.9 Å². The number of hydrogen-bond donors (Lipinski definition) is 0. The molecule has 1 aromatic heterocycles. The van der Waals surface area contributed by atoms with Crippen LogP contribution in [0.3, 0.4) is 0 Å². The average molecular weight is 446 g/mol. The average Bonchev–Trinajstić information content (AvgIpc) is 3.12. The Hall–Kier alpha value is -2.15. The van der Waals surface area contributed by atoms with Gasteiger partial charge in [-0.25, -0.2) is 0 Å². The largest absolute Gasteiger partial charge is 0.378 e. The first-order chi connectivity index (χ1) is 13.2. The lowest BCUT2D eigenvalue weighted by atomic mass is 10.1. The van der Waals surface area contributed by atoms with Gasteiger partial charge in [0.05, 0.1) is 18.9 Å². The molecule has 1 aliphatic heterocycles. The minimum Gasteiger partial charge on any atom is -0.378 e. The van der Waals surface area contributed by atoms with E-state index < -0.39 is 0 Å². The van der Waals surface area contributed by atoms with Gasteiger partial charge in [-0.3, -0.25) is 0 Å². The van der Waals surface area contributed by atoms with Crippen LogP contribution in [0.4, 0.5) is 0 Å². The Morgan fingerprint density at radius 3 is 2.37 bits per heavy atom. The van der Waals surface area contributed by atoms with Crippen molar-refractivity contribution in [3.63, 3.8) is 0 Å². The zero-order valence-electron chi connectivity index (χ0n) is 14.6. The summed E-state index contributed by atoms with van der Waals surface area (Å²) >= 11 is 9.50. The van der Waals surface area contributed by atoms with E-state index >= 15 is 0 Å². The first-order valence-corrected chi connectivity index (χ1v) is 9.85. The van der Waals surface area contributed by atoms with Gasteiger partial charge < -0.3 is 9.64 Å². The van der Waals surface area contributed by atoms with Gasteiger partial charge in [-0.1, -0.05) is 39.7 Å². The third-order valence-electron chi connectivity index (χ3n) is 4.30. The maximum atomic E-state index is 6.04. The molecule has 2 aromatic carbocycles. The van der Waals surface area contributed by atoms with Crippen molar-refractivity contribution >= 4 is 33.6 Å². The monoisotopic (exact) mass is 444 g/mol. The SMILES string of the molecule is Clc1ccc(-c2nn(-c3ccc(Br)cc3)nc2/C=C/N2CCOCC2)cc1. The first kappa shape index (κ1) is 18.2. The van der Waals surface area contributed by atoms with Gasteiger partial charge in [0.2, 0.25) is 0 Å². The summed E-state index contributed by atoms with van der Waals surface area (Å²) < 4.78 is 6.42. The second kappa shape index (κ2) is 8.25. The molecule has 1 aliphatic rings. The second-order valence-electron chi connectivity index (χ2n) is 6.17. The van der Waals surface area contributed by atoms with Gasteiger partial charge in [0, 0.05) is 34.3 Å². The molecule has 5 nitrogen and oxygen atoms in total. The van der Waals surface area contributed by atoms with E-state index in [0.29, 0.717) is 5.02 Å². The molecule has 4 rings (SSSR count). The van der Waals surface area contributed by atoms with E-state index in [2.05, 4.69) is 27.0 Å². The highest BCUT2D eigenvalue weighted by Crippen LogP contribution is 2.25. The van der Waals surface area contributed by atoms with E-state index in [1.54, 1.807) is 4.80 Å². The van der Waals surface area contributed by atoms with Crippen LogP contribution >= 0.6 is 27.5 Å². The molecule has 0 unspecified atom stereocenters. The summed E-state index contributed by atoms with van der Waals surface area (Å²) in [5, 5.41) is 10.1. The van der Waals surface area contributed by atoms with Crippen molar-refractivity contribution in [3.8, 4) is 16.9 Å². The van der Waals surface area contributed by atoms with Crippen LogP contribution in [0.25, 0.3) is 23.0 Å². The van der Waals surface area contributed by atoms with Crippen LogP contribution in [-0.2, 0) is 4.74 Å². The molecule has 27 heavy (non-hydrogen) atoms. The van der Waals surface area contributed by atoms with Crippen LogP contribution in [0, 0.1) is 0 Å². The Kier molecular flexibility index (Phi) is 5.57. The zero-order valence-corrected chi connectivity index (χ0v) is 16.9. The Morgan fingerprint density at radius 2 is 1.67 bits per heavy atom. The molecule has 0 atom stereocenters. The molecule has 0 amide bonds. The minimum absolute atomic E-state index is 0.699. The van der Waals surface area contributed by atoms with E-state index in [0.717, 1.165) is 53.4 Å².